The van der Waals surface area contributed by atoms with Crippen LogP contribution in [0.1, 0.15) is 40.0 Å². The first-order valence-corrected chi connectivity index (χ1v) is 10.6. The zero-order valence-corrected chi connectivity index (χ0v) is 14.7. The van der Waals surface area contributed by atoms with Crippen molar-refractivity contribution in [3.05, 3.63) is 0 Å². The van der Waals surface area contributed by atoms with E-state index in [0.29, 0.717) is 12.3 Å². The summed E-state index contributed by atoms with van der Waals surface area (Å²) < 4.78 is 6.09. The molecule has 5 nitrogen and oxygen atoms in total. The molecule has 1 amide bonds. The summed E-state index contributed by atoms with van der Waals surface area (Å²) in [6.07, 6.45) is 1.46. The molecule has 120 valence electrons. The molecule has 0 aromatic rings. The molecule has 6 heteroatoms. The summed E-state index contributed by atoms with van der Waals surface area (Å²) in [5, 5.41) is 9.52. The fraction of sp³-hybridized carbons (Fsp3) is 0.867. The number of amides is 1. The van der Waals surface area contributed by atoms with Gasteiger partial charge in [-0.1, -0.05) is 20.8 Å². The third-order valence-electron chi connectivity index (χ3n) is 5.27. The Morgan fingerprint density at radius 2 is 1.95 bits per heavy atom. The molecule has 0 bridgehead atoms. The van der Waals surface area contributed by atoms with Gasteiger partial charge in [0, 0.05) is 12.5 Å². The molecule has 21 heavy (non-hydrogen) atoms. The maximum atomic E-state index is 12.2. The van der Waals surface area contributed by atoms with E-state index in [4.69, 9.17) is 4.43 Å². The summed E-state index contributed by atoms with van der Waals surface area (Å²) in [4.78, 5) is 25.1. The summed E-state index contributed by atoms with van der Waals surface area (Å²) in [5.41, 5.74) is 0. The molecule has 2 unspecified atom stereocenters. The van der Waals surface area contributed by atoms with Crippen LogP contribution >= 0.6 is 0 Å². The average Bonchev–Trinajstić information content (AvgIpc) is 3.09. The predicted octanol–water partition coefficient (Wildman–Crippen LogP) is 3.11. The zero-order valence-electron chi connectivity index (χ0n) is 13.7. The molecule has 2 aliphatic rings. The van der Waals surface area contributed by atoms with Crippen LogP contribution in [0.3, 0.4) is 0 Å². The zero-order chi connectivity index (χ0) is 16.0. The minimum absolute atomic E-state index is 0.0213. The molecule has 2 atom stereocenters. The van der Waals surface area contributed by atoms with Gasteiger partial charge in [0.15, 0.2) is 14.1 Å². The fourth-order valence-electron chi connectivity index (χ4n) is 2.65. The van der Waals surface area contributed by atoms with Gasteiger partial charge in [-0.25, -0.2) is 4.79 Å². The Balaban J connectivity index is 2.07. The van der Waals surface area contributed by atoms with Crippen molar-refractivity contribution in [3.63, 3.8) is 0 Å². The lowest BCUT2D eigenvalue weighted by molar-refractivity contribution is -0.120. The van der Waals surface area contributed by atoms with Gasteiger partial charge in [-0.05, 0) is 36.9 Å². The Kier molecular flexibility index (Phi) is 4.23. The van der Waals surface area contributed by atoms with Crippen LogP contribution in [-0.2, 0) is 9.22 Å². The van der Waals surface area contributed by atoms with E-state index in [2.05, 4.69) is 33.9 Å². The topological polar surface area (TPSA) is 66.8 Å². The number of hydrogen-bond donors (Lipinski definition) is 1. The number of carbonyl (C=O) groups is 2. The molecule has 1 aliphatic carbocycles. The van der Waals surface area contributed by atoms with Crippen molar-refractivity contribution < 1.29 is 19.1 Å². The molecule has 0 aromatic heterocycles. The van der Waals surface area contributed by atoms with Crippen molar-refractivity contribution in [2.75, 3.05) is 6.61 Å². The Hall–Kier alpha value is -0.883. The van der Waals surface area contributed by atoms with Gasteiger partial charge >= 0.3 is 6.09 Å². The maximum Gasteiger partial charge on any atom is 0.408 e. The average molecular weight is 313 g/mol. The van der Waals surface area contributed by atoms with Crippen LogP contribution in [-0.4, -0.2) is 48.9 Å². The highest BCUT2D eigenvalue weighted by Crippen LogP contribution is 2.42. The van der Waals surface area contributed by atoms with Crippen molar-refractivity contribution >= 4 is 20.2 Å². The summed E-state index contributed by atoms with van der Waals surface area (Å²) in [6.45, 7) is 10.9. The number of rotatable bonds is 4. The van der Waals surface area contributed by atoms with E-state index in [0.717, 1.165) is 12.8 Å². The lowest BCUT2D eigenvalue weighted by atomic mass is 10.1. The highest BCUT2D eigenvalue weighted by molar-refractivity contribution is 6.74. The first kappa shape index (κ1) is 16.5. The van der Waals surface area contributed by atoms with Crippen molar-refractivity contribution in [2.24, 2.45) is 5.92 Å². The monoisotopic (exact) mass is 313 g/mol. The summed E-state index contributed by atoms with van der Waals surface area (Å²) >= 11 is 0. The van der Waals surface area contributed by atoms with E-state index in [-0.39, 0.29) is 23.5 Å². The predicted molar refractivity (Wildman–Crippen MR) is 82.9 cm³/mol. The molecule has 1 N–H and O–H groups in total. The van der Waals surface area contributed by atoms with Crippen LogP contribution in [0.4, 0.5) is 4.79 Å². The second kappa shape index (κ2) is 5.39. The molecule has 0 aromatic carbocycles. The largest absolute Gasteiger partial charge is 0.465 e. The molecular formula is C15H27NO4Si. The lowest BCUT2D eigenvalue weighted by Gasteiger charge is -2.37. The number of ketones is 1. The SMILES string of the molecule is CC(C)(C)[Si](C)(C)OCC1C(=O)CC(C2CC2)N1C(=O)O. The molecule has 1 heterocycles. The molecule has 2 fully saturated rings. The Morgan fingerprint density at radius 1 is 1.38 bits per heavy atom. The number of nitrogens with zero attached hydrogens (tertiary/aromatic N) is 1. The number of Topliss-reactive ketones (excluding diaryl/α,β-unsaturated/α-hetero) is 1. The van der Waals surface area contributed by atoms with Crippen molar-refractivity contribution in [1.82, 2.24) is 4.90 Å². The third kappa shape index (κ3) is 3.31. The first-order valence-electron chi connectivity index (χ1n) is 7.72. The van der Waals surface area contributed by atoms with Gasteiger partial charge in [-0.2, -0.15) is 0 Å². The molecule has 1 saturated heterocycles. The van der Waals surface area contributed by atoms with E-state index < -0.39 is 20.5 Å². The van der Waals surface area contributed by atoms with Crippen molar-refractivity contribution in [2.45, 2.75) is 70.2 Å². The van der Waals surface area contributed by atoms with E-state index in [1.165, 1.54) is 4.90 Å². The van der Waals surface area contributed by atoms with Crippen LogP contribution in [0.25, 0.3) is 0 Å². The number of likely N-dealkylation sites (tertiary alicyclic amines) is 1. The summed E-state index contributed by atoms with van der Waals surface area (Å²) in [6, 6.07) is -0.731. The van der Waals surface area contributed by atoms with Crippen LogP contribution < -0.4 is 0 Å². The molecule has 1 saturated carbocycles. The Morgan fingerprint density at radius 3 is 2.38 bits per heavy atom. The van der Waals surface area contributed by atoms with E-state index in [9.17, 15) is 14.7 Å². The van der Waals surface area contributed by atoms with Gasteiger partial charge in [0.1, 0.15) is 6.04 Å². The standard InChI is InChI=1S/C15H27NO4Si/c1-15(2,3)21(4,5)20-9-12-13(17)8-11(10-6-7-10)16(12)14(18)19/h10-12H,6-9H2,1-5H3,(H,18,19). The van der Waals surface area contributed by atoms with Gasteiger partial charge in [0.25, 0.3) is 0 Å². The van der Waals surface area contributed by atoms with Crippen LogP contribution in [0.2, 0.25) is 18.1 Å². The quantitative estimate of drug-likeness (QED) is 0.810. The lowest BCUT2D eigenvalue weighted by Crippen LogP contribution is -2.49. The summed E-state index contributed by atoms with van der Waals surface area (Å²) in [7, 11) is -1.97. The highest BCUT2D eigenvalue weighted by atomic mass is 28.4. The molecule has 0 spiro atoms. The molecule has 1 aliphatic heterocycles. The van der Waals surface area contributed by atoms with Gasteiger partial charge in [0.2, 0.25) is 0 Å². The highest BCUT2D eigenvalue weighted by Gasteiger charge is 2.50. The number of carbonyl (C=O) groups excluding carboxylic acids is 1. The molecule has 2 rings (SSSR count). The minimum atomic E-state index is -1.97. The van der Waals surface area contributed by atoms with Crippen LogP contribution in [0.15, 0.2) is 0 Å². The normalized spacial score (nSPS) is 27.3. The number of hydrogen-bond acceptors (Lipinski definition) is 3. The smallest absolute Gasteiger partial charge is 0.408 e. The Labute approximate surface area is 127 Å². The second-order valence-electron chi connectivity index (χ2n) is 7.85. The maximum absolute atomic E-state index is 12.2. The Bertz CT molecular complexity index is 439. The number of carboxylic acid groups (broad SMARTS) is 1. The van der Waals surface area contributed by atoms with Crippen molar-refractivity contribution in [3.8, 4) is 0 Å². The van der Waals surface area contributed by atoms with Crippen molar-refractivity contribution in [1.29, 1.82) is 0 Å². The minimum Gasteiger partial charge on any atom is -0.465 e. The molecular weight excluding hydrogens is 286 g/mol. The summed E-state index contributed by atoms with van der Waals surface area (Å²) in [5.74, 6) is 0.399. The van der Waals surface area contributed by atoms with E-state index in [1.54, 1.807) is 0 Å². The van der Waals surface area contributed by atoms with Gasteiger partial charge < -0.3 is 9.53 Å². The fourth-order valence-corrected chi connectivity index (χ4v) is 3.66. The third-order valence-corrected chi connectivity index (χ3v) is 9.77. The van der Waals surface area contributed by atoms with Gasteiger partial charge in [-0.3, -0.25) is 9.69 Å². The van der Waals surface area contributed by atoms with E-state index >= 15 is 0 Å². The van der Waals surface area contributed by atoms with E-state index in [1.807, 2.05) is 0 Å². The first-order chi connectivity index (χ1) is 9.54. The van der Waals surface area contributed by atoms with Crippen LogP contribution in [0.5, 0.6) is 0 Å². The molecule has 0 radical (unpaired) electrons. The van der Waals surface area contributed by atoms with Crippen LogP contribution in [0, 0.1) is 5.92 Å². The second-order valence-corrected chi connectivity index (χ2v) is 12.7. The van der Waals surface area contributed by atoms with Gasteiger partial charge in [0.05, 0.1) is 6.61 Å². The van der Waals surface area contributed by atoms with Gasteiger partial charge in [-0.15, -0.1) is 0 Å².